The van der Waals surface area contributed by atoms with Gasteiger partial charge in [0.05, 0.1) is 30.8 Å². The fourth-order valence-corrected chi connectivity index (χ4v) is 6.13. The van der Waals surface area contributed by atoms with Crippen molar-refractivity contribution in [3.05, 3.63) is 47.1 Å². The first-order chi connectivity index (χ1) is 19.1. The Labute approximate surface area is 244 Å². The standard InChI is InChI=1S/C24H32ClN9O5S2/c1-15(33-6-8-39-9-7-33)17-10-19(20-12-22(40(5,35)36)30-16(2)29-20)24(28-13-17)31-18-11-21(23(25)27-14-18)34(32(3)4)41(26,37)38/h10-15H,6-9H2,1-5H3,(H,28,31)(H2,26,37,38). The highest BCUT2D eigenvalue weighted by molar-refractivity contribution is 7.90. The number of nitrogens with two attached hydrogens (primary N) is 1. The molecule has 3 aromatic rings. The minimum absolute atomic E-state index is 0.0104. The van der Waals surface area contributed by atoms with Gasteiger partial charge >= 0.3 is 10.2 Å². The average molecular weight is 626 g/mol. The third kappa shape index (κ3) is 7.27. The summed E-state index contributed by atoms with van der Waals surface area (Å²) >= 11 is 6.25. The largest absolute Gasteiger partial charge is 0.379 e. The van der Waals surface area contributed by atoms with Crippen molar-refractivity contribution in [1.29, 1.82) is 0 Å². The van der Waals surface area contributed by atoms with E-state index in [4.69, 9.17) is 21.5 Å². The van der Waals surface area contributed by atoms with Gasteiger partial charge in [-0.1, -0.05) is 11.6 Å². The molecule has 17 heteroatoms. The van der Waals surface area contributed by atoms with Gasteiger partial charge in [0.1, 0.15) is 17.3 Å². The number of hydrogen-bond donors (Lipinski definition) is 2. The third-order valence-corrected chi connectivity index (χ3v) is 8.61. The first-order valence-electron chi connectivity index (χ1n) is 12.5. The second-order valence-electron chi connectivity index (χ2n) is 9.69. The molecule has 14 nitrogen and oxygen atoms in total. The fraction of sp³-hybridized carbons (Fsp3) is 0.417. The zero-order valence-corrected chi connectivity index (χ0v) is 25.6. The van der Waals surface area contributed by atoms with E-state index in [0.29, 0.717) is 36.0 Å². The van der Waals surface area contributed by atoms with Gasteiger partial charge in [0.2, 0.25) is 0 Å². The van der Waals surface area contributed by atoms with E-state index >= 15 is 0 Å². The molecule has 1 aliphatic heterocycles. The first-order valence-corrected chi connectivity index (χ1v) is 16.2. The number of halogens is 1. The summed E-state index contributed by atoms with van der Waals surface area (Å²) in [5, 5.41) is 9.61. The van der Waals surface area contributed by atoms with Crippen LogP contribution in [-0.4, -0.2) is 93.3 Å². The smallest absolute Gasteiger partial charge is 0.312 e. The summed E-state index contributed by atoms with van der Waals surface area (Å²) in [4.78, 5) is 19.7. The second kappa shape index (κ2) is 12.1. The lowest BCUT2D eigenvalue weighted by Gasteiger charge is -2.32. The number of aromatic nitrogens is 4. The van der Waals surface area contributed by atoms with Gasteiger partial charge in [0, 0.05) is 57.3 Å². The Morgan fingerprint density at radius 3 is 2.37 bits per heavy atom. The van der Waals surface area contributed by atoms with Gasteiger partial charge < -0.3 is 10.1 Å². The van der Waals surface area contributed by atoms with E-state index in [1.807, 2.05) is 6.07 Å². The summed E-state index contributed by atoms with van der Waals surface area (Å²) in [7, 11) is -4.87. The lowest BCUT2D eigenvalue weighted by Crippen LogP contribution is -2.46. The van der Waals surface area contributed by atoms with E-state index in [2.05, 4.69) is 37.1 Å². The number of aryl methyl sites for hydroxylation is 1. The molecule has 0 aromatic carbocycles. The van der Waals surface area contributed by atoms with E-state index in [1.165, 1.54) is 37.4 Å². The molecule has 0 radical (unpaired) electrons. The molecule has 1 fully saturated rings. The molecule has 0 spiro atoms. The van der Waals surface area contributed by atoms with E-state index in [-0.39, 0.29) is 27.7 Å². The van der Waals surface area contributed by atoms with Gasteiger partial charge in [-0.3, -0.25) is 4.90 Å². The minimum atomic E-state index is -4.23. The maximum absolute atomic E-state index is 12.4. The normalized spacial score (nSPS) is 15.6. The van der Waals surface area contributed by atoms with E-state index < -0.39 is 20.0 Å². The Kier molecular flexibility index (Phi) is 9.13. The number of morpholine rings is 1. The van der Waals surface area contributed by atoms with Crippen molar-refractivity contribution in [2.24, 2.45) is 5.14 Å². The van der Waals surface area contributed by atoms with Crippen LogP contribution in [0.4, 0.5) is 17.2 Å². The van der Waals surface area contributed by atoms with Crippen LogP contribution in [-0.2, 0) is 24.8 Å². The Morgan fingerprint density at radius 1 is 1.07 bits per heavy atom. The van der Waals surface area contributed by atoms with Crippen LogP contribution in [0.5, 0.6) is 0 Å². The molecule has 4 rings (SSSR count). The lowest BCUT2D eigenvalue weighted by atomic mass is 10.0. The maximum Gasteiger partial charge on any atom is 0.312 e. The topological polar surface area (TPSA) is 177 Å². The van der Waals surface area contributed by atoms with Gasteiger partial charge in [0.25, 0.3) is 0 Å². The molecular weight excluding hydrogens is 594 g/mol. The van der Waals surface area contributed by atoms with Crippen molar-refractivity contribution >= 4 is 48.8 Å². The van der Waals surface area contributed by atoms with Gasteiger partial charge in [-0.25, -0.2) is 38.5 Å². The number of ether oxygens (including phenoxy) is 1. The second-order valence-corrected chi connectivity index (χ2v) is 13.4. The summed E-state index contributed by atoms with van der Waals surface area (Å²) in [6.45, 7) is 6.44. The number of sulfone groups is 1. The molecule has 0 saturated carbocycles. The highest BCUT2D eigenvalue weighted by Gasteiger charge is 2.26. The molecule has 1 aliphatic rings. The molecule has 0 bridgehead atoms. The summed E-state index contributed by atoms with van der Waals surface area (Å²) in [5.74, 6) is 0.591. The van der Waals surface area contributed by atoms with Crippen LogP contribution in [0.25, 0.3) is 11.3 Å². The Hall–Kier alpha value is -2.99. The zero-order valence-electron chi connectivity index (χ0n) is 23.2. The number of rotatable bonds is 9. The number of hydrazine groups is 1. The Balaban J connectivity index is 1.84. The minimum Gasteiger partial charge on any atom is -0.379 e. The highest BCUT2D eigenvalue weighted by atomic mass is 35.5. The molecule has 3 aromatic heterocycles. The van der Waals surface area contributed by atoms with Gasteiger partial charge in [-0.15, -0.1) is 0 Å². The molecule has 222 valence electrons. The fourth-order valence-electron chi connectivity index (χ4n) is 4.40. The third-order valence-electron chi connectivity index (χ3n) is 6.35. The Morgan fingerprint density at radius 2 is 1.76 bits per heavy atom. The summed E-state index contributed by atoms with van der Waals surface area (Å²) < 4.78 is 55.6. The number of nitrogens with zero attached hydrogens (tertiary/aromatic N) is 7. The van der Waals surface area contributed by atoms with Crippen molar-refractivity contribution in [3.63, 3.8) is 0 Å². The molecular formula is C24H32ClN9O5S2. The molecule has 1 saturated heterocycles. The summed E-state index contributed by atoms with van der Waals surface area (Å²) in [5.41, 5.74) is 2.08. The number of anilines is 3. The molecule has 0 amide bonds. The molecule has 1 unspecified atom stereocenters. The van der Waals surface area contributed by atoms with Crippen molar-refractivity contribution in [2.75, 3.05) is 56.4 Å². The van der Waals surface area contributed by atoms with Crippen LogP contribution in [0, 0.1) is 6.92 Å². The van der Waals surface area contributed by atoms with Crippen molar-refractivity contribution in [1.82, 2.24) is 29.8 Å². The highest BCUT2D eigenvalue weighted by Crippen LogP contribution is 2.35. The quantitative estimate of drug-likeness (QED) is 0.201. The van der Waals surface area contributed by atoms with Crippen molar-refractivity contribution in [2.45, 2.75) is 24.9 Å². The summed E-state index contributed by atoms with van der Waals surface area (Å²) in [6, 6.07) is 4.74. The monoisotopic (exact) mass is 625 g/mol. The predicted octanol–water partition coefficient (Wildman–Crippen LogP) is 1.92. The number of pyridine rings is 2. The number of nitrogens with one attached hydrogen (secondary N) is 1. The molecule has 4 heterocycles. The molecule has 3 N–H and O–H groups in total. The van der Waals surface area contributed by atoms with Crippen LogP contribution in [0.15, 0.2) is 35.6 Å². The van der Waals surface area contributed by atoms with E-state index in [0.717, 1.165) is 29.3 Å². The van der Waals surface area contributed by atoms with Crippen LogP contribution in [0.2, 0.25) is 5.15 Å². The van der Waals surface area contributed by atoms with Gasteiger partial charge in [-0.2, -0.15) is 12.8 Å². The van der Waals surface area contributed by atoms with Gasteiger partial charge in [-0.05, 0) is 31.5 Å². The predicted molar refractivity (Wildman–Crippen MR) is 156 cm³/mol. The Bertz CT molecular complexity index is 1650. The van der Waals surface area contributed by atoms with Crippen LogP contribution in [0.1, 0.15) is 24.4 Å². The van der Waals surface area contributed by atoms with Gasteiger partial charge in [0.15, 0.2) is 20.0 Å². The van der Waals surface area contributed by atoms with Crippen molar-refractivity contribution < 1.29 is 21.6 Å². The molecule has 0 aliphatic carbocycles. The molecule has 1 atom stereocenters. The van der Waals surface area contributed by atoms with E-state index in [1.54, 1.807) is 13.1 Å². The average Bonchev–Trinajstić information content (AvgIpc) is 2.89. The van der Waals surface area contributed by atoms with Crippen LogP contribution >= 0.6 is 11.6 Å². The lowest BCUT2D eigenvalue weighted by molar-refractivity contribution is 0.0198. The van der Waals surface area contributed by atoms with Crippen LogP contribution < -0.4 is 14.9 Å². The first kappa shape index (κ1) is 31.0. The number of hydrogen-bond acceptors (Lipinski definition) is 12. The van der Waals surface area contributed by atoms with Crippen LogP contribution in [0.3, 0.4) is 0 Å². The maximum atomic E-state index is 12.4. The van der Waals surface area contributed by atoms with E-state index in [9.17, 15) is 16.8 Å². The zero-order chi connectivity index (χ0) is 30.1. The summed E-state index contributed by atoms with van der Waals surface area (Å²) in [6.07, 6.45) is 4.21. The van der Waals surface area contributed by atoms with Crippen molar-refractivity contribution in [3.8, 4) is 11.3 Å². The SMILES string of the molecule is Cc1nc(-c2cc(C(C)N3CCOCC3)cnc2Nc2cnc(Cl)c(N(N(C)C)S(N)(=O)=O)c2)cc(S(C)(=O)=O)n1. The molecule has 41 heavy (non-hydrogen) atoms.